The molecule has 0 saturated heterocycles. The van der Waals surface area contributed by atoms with Gasteiger partial charge in [0.15, 0.2) is 0 Å². The number of benzene rings is 2. The lowest BCUT2D eigenvalue weighted by Crippen LogP contribution is -2.30. The Morgan fingerprint density at radius 3 is 2.73 bits per heavy atom. The first kappa shape index (κ1) is 18.1. The van der Waals surface area contributed by atoms with E-state index in [1.807, 2.05) is 42.5 Å². The van der Waals surface area contributed by atoms with Crippen molar-refractivity contribution in [1.29, 1.82) is 5.41 Å². The van der Waals surface area contributed by atoms with Crippen LogP contribution >= 0.6 is 0 Å². The van der Waals surface area contributed by atoms with E-state index in [9.17, 15) is 5.11 Å². The van der Waals surface area contributed by atoms with Crippen LogP contribution in [-0.4, -0.2) is 21.8 Å². The fraction of sp³-hybridized carbons (Fsp3) is 0.130. The molecule has 2 aromatic heterocycles. The van der Waals surface area contributed by atoms with E-state index in [1.165, 1.54) is 0 Å². The molecule has 7 heteroatoms. The van der Waals surface area contributed by atoms with Gasteiger partial charge < -0.3 is 23.6 Å². The zero-order chi connectivity index (χ0) is 20.7. The highest BCUT2D eigenvalue weighted by atomic mass is 16.5. The molecule has 4 aromatic rings. The van der Waals surface area contributed by atoms with Gasteiger partial charge >= 0.3 is 0 Å². The molecule has 1 atom stereocenters. The second-order valence-corrected chi connectivity index (χ2v) is 7.05. The average molecular weight is 401 g/mol. The number of hydrogen-bond acceptors (Lipinski definition) is 6. The first-order valence-electron chi connectivity index (χ1n) is 9.45. The summed E-state index contributed by atoms with van der Waals surface area (Å²) in [6.07, 6.45) is 3.18. The molecule has 0 bridgehead atoms. The van der Waals surface area contributed by atoms with Gasteiger partial charge in [0.1, 0.15) is 34.8 Å². The van der Waals surface area contributed by atoms with E-state index >= 15 is 0 Å². The van der Waals surface area contributed by atoms with Crippen LogP contribution in [0.4, 0.5) is 0 Å². The lowest BCUT2D eigenvalue weighted by Gasteiger charge is -2.28. The van der Waals surface area contributed by atoms with E-state index in [-0.39, 0.29) is 17.2 Å². The summed E-state index contributed by atoms with van der Waals surface area (Å²) in [4.78, 5) is 4.47. The maximum Gasteiger partial charge on any atom is 0.228 e. The minimum absolute atomic E-state index is 0.112. The summed E-state index contributed by atoms with van der Waals surface area (Å²) in [5.74, 6) is 2.20. The van der Waals surface area contributed by atoms with Crippen molar-refractivity contribution in [2.45, 2.75) is 12.5 Å². The van der Waals surface area contributed by atoms with E-state index in [2.05, 4.69) is 4.98 Å². The van der Waals surface area contributed by atoms with Gasteiger partial charge in [-0.3, -0.25) is 5.41 Å². The van der Waals surface area contributed by atoms with Crippen LogP contribution in [0.15, 0.2) is 71.6 Å². The third-order valence-electron chi connectivity index (χ3n) is 5.25. The number of hydrogen-bond donors (Lipinski definition) is 2. The number of furan rings is 1. The van der Waals surface area contributed by atoms with Gasteiger partial charge in [-0.25, -0.2) is 4.98 Å². The molecule has 0 saturated carbocycles. The Labute approximate surface area is 172 Å². The predicted molar refractivity (Wildman–Crippen MR) is 108 cm³/mol. The summed E-state index contributed by atoms with van der Waals surface area (Å²) < 4.78 is 18.4. The summed E-state index contributed by atoms with van der Waals surface area (Å²) in [5, 5.41) is 18.8. The third-order valence-corrected chi connectivity index (χ3v) is 5.25. The van der Waals surface area contributed by atoms with Crippen molar-refractivity contribution in [1.82, 2.24) is 9.55 Å². The first-order valence-corrected chi connectivity index (χ1v) is 9.45. The van der Waals surface area contributed by atoms with Crippen LogP contribution in [0, 0.1) is 5.41 Å². The Morgan fingerprint density at radius 1 is 1.17 bits per heavy atom. The fourth-order valence-electron chi connectivity index (χ4n) is 3.79. The predicted octanol–water partition coefficient (Wildman–Crippen LogP) is 4.00. The maximum absolute atomic E-state index is 9.94. The highest BCUT2D eigenvalue weighted by molar-refractivity contribution is 5.57. The molecule has 0 spiro atoms. The van der Waals surface area contributed by atoms with Crippen molar-refractivity contribution in [3.63, 3.8) is 0 Å². The number of nitrogens with one attached hydrogen (secondary N) is 1. The van der Waals surface area contributed by atoms with Gasteiger partial charge in [0, 0.05) is 17.5 Å². The van der Waals surface area contributed by atoms with Crippen LogP contribution < -0.4 is 15.0 Å². The van der Waals surface area contributed by atoms with E-state index < -0.39 is 0 Å². The number of aromatic nitrogens is 2. The van der Waals surface area contributed by atoms with Gasteiger partial charge in [0.25, 0.3) is 0 Å². The summed E-state index contributed by atoms with van der Waals surface area (Å²) >= 11 is 0. The maximum atomic E-state index is 9.94. The molecule has 1 aliphatic rings. The van der Waals surface area contributed by atoms with Crippen LogP contribution in [0.25, 0.3) is 0 Å². The van der Waals surface area contributed by atoms with E-state index in [4.69, 9.17) is 19.3 Å². The van der Waals surface area contributed by atoms with Gasteiger partial charge in [0.05, 0.1) is 25.5 Å². The zero-order valence-electron chi connectivity index (χ0n) is 16.2. The van der Waals surface area contributed by atoms with Crippen molar-refractivity contribution in [2.75, 3.05) is 7.11 Å². The van der Waals surface area contributed by atoms with Crippen LogP contribution in [0.1, 0.15) is 28.4 Å². The van der Waals surface area contributed by atoms with E-state index in [1.54, 1.807) is 36.4 Å². The normalized spacial score (nSPS) is 14.5. The van der Waals surface area contributed by atoms with Gasteiger partial charge in [-0.1, -0.05) is 18.2 Å². The third kappa shape index (κ3) is 3.00. The molecular formula is C23H19N3O4. The van der Waals surface area contributed by atoms with Crippen molar-refractivity contribution >= 4 is 0 Å². The minimum Gasteiger partial charge on any atom is -0.508 e. The monoisotopic (exact) mass is 401 g/mol. The van der Waals surface area contributed by atoms with Crippen molar-refractivity contribution < 1.29 is 19.0 Å². The Bertz CT molecular complexity index is 1260. The average Bonchev–Trinajstić information content (AvgIpc) is 3.27. The smallest absolute Gasteiger partial charge is 0.228 e. The topological polar surface area (TPSA) is 93.5 Å². The molecule has 0 fully saturated rings. The SMILES string of the molecule is COc1ccc([C@H]2c3ccc(O)cc3Oc3ncn(Cc4ccco4)c(=N)c32)cc1. The van der Waals surface area contributed by atoms with Crippen LogP contribution in [0.5, 0.6) is 23.1 Å². The number of nitrogens with zero attached hydrogens (tertiary/aromatic N) is 2. The number of phenolic OH excluding ortho intramolecular Hbond substituents is 1. The molecule has 7 nitrogen and oxygen atoms in total. The molecule has 0 radical (unpaired) electrons. The van der Waals surface area contributed by atoms with E-state index in [0.29, 0.717) is 23.7 Å². The van der Waals surface area contributed by atoms with Gasteiger partial charge in [-0.05, 0) is 35.9 Å². The highest BCUT2D eigenvalue weighted by Crippen LogP contribution is 2.46. The van der Waals surface area contributed by atoms with E-state index in [0.717, 1.165) is 22.6 Å². The largest absolute Gasteiger partial charge is 0.508 e. The molecule has 5 rings (SSSR count). The second-order valence-electron chi connectivity index (χ2n) is 7.05. The quantitative estimate of drug-likeness (QED) is 0.475. The molecule has 0 amide bonds. The molecule has 0 aliphatic carbocycles. The molecule has 2 aromatic carbocycles. The number of methoxy groups -OCH3 is 1. The molecule has 30 heavy (non-hydrogen) atoms. The number of ether oxygens (including phenoxy) is 2. The molecule has 1 aliphatic heterocycles. The van der Waals surface area contributed by atoms with Gasteiger partial charge in [-0.15, -0.1) is 0 Å². The number of phenols is 1. The summed E-state index contributed by atoms with van der Waals surface area (Å²) in [6.45, 7) is 0.393. The van der Waals surface area contributed by atoms with Gasteiger partial charge in [0.2, 0.25) is 5.88 Å². The summed E-state index contributed by atoms with van der Waals surface area (Å²) in [5.41, 5.74) is 2.78. The van der Waals surface area contributed by atoms with Gasteiger partial charge in [-0.2, -0.15) is 0 Å². The van der Waals surface area contributed by atoms with Crippen molar-refractivity contribution in [3.05, 3.63) is 95.1 Å². The molecule has 0 unspecified atom stereocenters. The molecular weight excluding hydrogens is 382 g/mol. The summed E-state index contributed by atoms with van der Waals surface area (Å²) in [7, 11) is 1.63. The van der Waals surface area contributed by atoms with Crippen molar-refractivity contribution in [3.8, 4) is 23.1 Å². The molecule has 2 N–H and O–H groups in total. The number of aromatic hydroxyl groups is 1. The highest BCUT2D eigenvalue weighted by Gasteiger charge is 2.32. The Balaban J connectivity index is 1.69. The Morgan fingerprint density at radius 2 is 2.00 bits per heavy atom. The minimum atomic E-state index is -0.278. The van der Waals surface area contributed by atoms with Crippen LogP contribution in [-0.2, 0) is 6.54 Å². The second kappa shape index (κ2) is 7.11. The van der Waals surface area contributed by atoms with Crippen molar-refractivity contribution in [2.24, 2.45) is 0 Å². The standard InChI is InChI=1S/C23H19N3O4/c1-28-16-7-4-14(5-8-16)20-18-9-6-15(27)11-19(18)30-23-21(20)22(24)26(13-25-23)12-17-3-2-10-29-17/h2-11,13,20,24,27H,12H2,1H3/t20-/m0/s1. The first-order chi connectivity index (χ1) is 14.6. The molecule has 150 valence electrons. The lowest BCUT2D eigenvalue weighted by atomic mass is 9.84. The van der Waals surface area contributed by atoms with Crippen LogP contribution in [0.2, 0.25) is 0 Å². The summed E-state index contributed by atoms with van der Waals surface area (Å²) in [6, 6.07) is 16.4. The lowest BCUT2D eigenvalue weighted by molar-refractivity contribution is 0.410. The zero-order valence-corrected chi connectivity index (χ0v) is 16.2. The van der Waals surface area contributed by atoms with Crippen LogP contribution in [0.3, 0.4) is 0 Å². The fourth-order valence-corrected chi connectivity index (χ4v) is 3.79. The number of fused-ring (bicyclic) bond motifs is 2. The Kier molecular flexibility index (Phi) is 4.28. The Hall–Kier alpha value is -4.00. The number of rotatable bonds is 4. The molecule has 3 heterocycles.